The van der Waals surface area contributed by atoms with E-state index in [2.05, 4.69) is 28.1 Å². The fourth-order valence-electron chi connectivity index (χ4n) is 3.92. The zero-order valence-corrected chi connectivity index (χ0v) is 17.5. The van der Waals surface area contributed by atoms with E-state index in [1.165, 1.54) is 19.3 Å². The van der Waals surface area contributed by atoms with E-state index in [1.807, 2.05) is 31.5 Å². The molecular formula is C21H24Cl2N4. The molecule has 1 aliphatic rings. The molecule has 1 aliphatic heterocycles. The summed E-state index contributed by atoms with van der Waals surface area (Å²) in [5, 5.41) is 1.09. The molecule has 0 bridgehead atoms. The summed E-state index contributed by atoms with van der Waals surface area (Å²) in [5.41, 5.74) is 4.04. The van der Waals surface area contributed by atoms with Crippen LogP contribution in [0.4, 0.5) is 5.82 Å². The molecule has 0 radical (unpaired) electrons. The SMILES string of the molecule is CCC1(C)CCN(c2nc(C)c(-c3cccc(Cl)c3Cl)n3ccnc23)CC1. The van der Waals surface area contributed by atoms with E-state index in [-0.39, 0.29) is 0 Å². The van der Waals surface area contributed by atoms with E-state index >= 15 is 0 Å². The van der Waals surface area contributed by atoms with Gasteiger partial charge in [0.1, 0.15) is 0 Å². The van der Waals surface area contributed by atoms with E-state index in [9.17, 15) is 0 Å². The predicted octanol–water partition coefficient (Wildman–Crippen LogP) is 6.03. The van der Waals surface area contributed by atoms with Gasteiger partial charge in [-0.3, -0.25) is 4.40 Å². The molecule has 0 spiro atoms. The van der Waals surface area contributed by atoms with Gasteiger partial charge in [0.2, 0.25) is 0 Å². The number of aryl methyl sites for hydroxylation is 1. The Kier molecular flexibility index (Phi) is 4.81. The monoisotopic (exact) mass is 402 g/mol. The van der Waals surface area contributed by atoms with Gasteiger partial charge in [-0.1, -0.05) is 55.6 Å². The highest BCUT2D eigenvalue weighted by Crippen LogP contribution is 2.39. The van der Waals surface area contributed by atoms with Crippen molar-refractivity contribution < 1.29 is 0 Å². The highest BCUT2D eigenvalue weighted by molar-refractivity contribution is 6.43. The minimum absolute atomic E-state index is 0.436. The van der Waals surface area contributed by atoms with E-state index in [4.69, 9.17) is 28.2 Å². The van der Waals surface area contributed by atoms with Crippen molar-refractivity contribution in [2.45, 2.75) is 40.0 Å². The quantitative estimate of drug-likeness (QED) is 0.536. The Morgan fingerprint density at radius 3 is 2.63 bits per heavy atom. The first-order valence-corrected chi connectivity index (χ1v) is 10.2. The van der Waals surface area contributed by atoms with E-state index < -0.39 is 0 Å². The third-order valence-electron chi connectivity index (χ3n) is 6.03. The van der Waals surface area contributed by atoms with Crippen LogP contribution in [0, 0.1) is 12.3 Å². The van der Waals surface area contributed by atoms with Crippen molar-refractivity contribution in [3.8, 4) is 11.3 Å². The minimum atomic E-state index is 0.436. The van der Waals surface area contributed by atoms with E-state index in [1.54, 1.807) is 6.07 Å². The Bertz CT molecular complexity index is 987. The highest BCUT2D eigenvalue weighted by atomic mass is 35.5. The summed E-state index contributed by atoms with van der Waals surface area (Å²) in [4.78, 5) is 11.9. The van der Waals surface area contributed by atoms with Gasteiger partial charge in [0.25, 0.3) is 0 Å². The number of anilines is 1. The number of fused-ring (bicyclic) bond motifs is 1. The summed E-state index contributed by atoms with van der Waals surface area (Å²) < 4.78 is 2.09. The van der Waals surface area contributed by atoms with Crippen molar-refractivity contribution in [2.24, 2.45) is 5.41 Å². The molecule has 27 heavy (non-hydrogen) atoms. The number of halogens is 2. The lowest BCUT2D eigenvalue weighted by atomic mass is 9.78. The van der Waals surface area contributed by atoms with Crippen LogP contribution in [0.5, 0.6) is 0 Å². The van der Waals surface area contributed by atoms with Gasteiger partial charge in [0.15, 0.2) is 11.5 Å². The summed E-state index contributed by atoms with van der Waals surface area (Å²) >= 11 is 12.7. The molecular weight excluding hydrogens is 379 g/mol. The lowest BCUT2D eigenvalue weighted by Crippen LogP contribution is -2.39. The predicted molar refractivity (Wildman–Crippen MR) is 113 cm³/mol. The largest absolute Gasteiger partial charge is 0.353 e. The van der Waals surface area contributed by atoms with Crippen LogP contribution in [-0.2, 0) is 0 Å². The summed E-state index contributed by atoms with van der Waals surface area (Å²) in [5.74, 6) is 0.956. The van der Waals surface area contributed by atoms with Crippen LogP contribution in [0.3, 0.4) is 0 Å². The lowest BCUT2D eigenvalue weighted by molar-refractivity contribution is 0.238. The summed E-state index contributed by atoms with van der Waals surface area (Å²) in [6.45, 7) is 8.72. The maximum Gasteiger partial charge on any atom is 0.180 e. The van der Waals surface area contributed by atoms with Crippen molar-refractivity contribution in [1.82, 2.24) is 14.4 Å². The van der Waals surface area contributed by atoms with Gasteiger partial charge in [-0.05, 0) is 31.2 Å². The van der Waals surface area contributed by atoms with Gasteiger partial charge >= 0.3 is 0 Å². The Hall–Kier alpha value is -1.78. The molecule has 4 rings (SSSR count). The van der Waals surface area contributed by atoms with Gasteiger partial charge in [-0.25, -0.2) is 9.97 Å². The number of hydrogen-bond donors (Lipinski definition) is 0. The van der Waals surface area contributed by atoms with Crippen LogP contribution in [-0.4, -0.2) is 27.5 Å². The third-order valence-corrected chi connectivity index (χ3v) is 6.85. The van der Waals surface area contributed by atoms with E-state index in [0.717, 1.165) is 41.5 Å². The number of aromatic nitrogens is 3. The van der Waals surface area contributed by atoms with Crippen molar-refractivity contribution in [1.29, 1.82) is 0 Å². The van der Waals surface area contributed by atoms with Crippen LogP contribution in [0.2, 0.25) is 10.0 Å². The fourth-order valence-corrected chi connectivity index (χ4v) is 4.31. The molecule has 0 saturated carbocycles. The van der Waals surface area contributed by atoms with Crippen molar-refractivity contribution in [2.75, 3.05) is 18.0 Å². The highest BCUT2D eigenvalue weighted by Gasteiger charge is 2.30. The maximum atomic E-state index is 6.50. The van der Waals surface area contributed by atoms with Crippen LogP contribution >= 0.6 is 23.2 Å². The second-order valence-electron chi connectivity index (χ2n) is 7.74. The minimum Gasteiger partial charge on any atom is -0.353 e. The first-order valence-electron chi connectivity index (χ1n) is 9.46. The van der Waals surface area contributed by atoms with Crippen molar-refractivity contribution >= 4 is 34.7 Å². The third kappa shape index (κ3) is 3.19. The zero-order valence-electron chi connectivity index (χ0n) is 16.0. The number of rotatable bonds is 3. The molecule has 2 aromatic heterocycles. The molecule has 3 heterocycles. The Morgan fingerprint density at radius 1 is 1.19 bits per heavy atom. The molecule has 6 heteroatoms. The van der Waals surface area contributed by atoms with Gasteiger partial charge in [-0.2, -0.15) is 0 Å². The maximum absolute atomic E-state index is 6.50. The second kappa shape index (κ2) is 6.99. The Balaban J connectivity index is 1.81. The molecule has 1 aromatic carbocycles. The normalized spacial score (nSPS) is 16.9. The van der Waals surface area contributed by atoms with Crippen LogP contribution in [0.15, 0.2) is 30.6 Å². The first-order chi connectivity index (χ1) is 12.9. The number of nitrogens with zero attached hydrogens (tertiary/aromatic N) is 4. The smallest absolute Gasteiger partial charge is 0.180 e. The van der Waals surface area contributed by atoms with Gasteiger partial charge in [-0.15, -0.1) is 0 Å². The number of hydrogen-bond acceptors (Lipinski definition) is 3. The number of piperidine rings is 1. The average molecular weight is 403 g/mol. The zero-order chi connectivity index (χ0) is 19.2. The molecule has 1 saturated heterocycles. The summed E-state index contributed by atoms with van der Waals surface area (Å²) in [7, 11) is 0. The van der Waals surface area contributed by atoms with Crippen LogP contribution in [0.25, 0.3) is 16.9 Å². The van der Waals surface area contributed by atoms with Gasteiger partial charge < -0.3 is 4.90 Å². The Morgan fingerprint density at radius 2 is 1.93 bits per heavy atom. The molecule has 0 unspecified atom stereocenters. The second-order valence-corrected chi connectivity index (χ2v) is 8.53. The molecule has 4 nitrogen and oxygen atoms in total. The molecule has 0 aliphatic carbocycles. The molecule has 0 atom stereocenters. The fraction of sp³-hybridized carbons (Fsp3) is 0.429. The van der Waals surface area contributed by atoms with Crippen LogP contribution < -0.4 is 4.90 Å². The van der Waals surface area contributed by atoms with E-state index in [0.29, 0.717) is 15.5 Å². The standard InChI is InChI=1S/C21H24Cl2N4/c1-4-21(3)8-11-26(12-9-21)20-19-24-10-13-27(19)18(14(2)25-20)15-6-5-7-16(22)17(15)23/h5-7,10,13H,4,8-9,11-12H2,1-3H3. The average Bonchev–Trinajstić information content (AvgIpc) is 3.14. The number of benzene rings is 1. The summed E-state index contributed by atoms with van der Waals surface area (Å²) in [6.07, 6.45) is 7.37. The lowest BCUT2D eigenvalue weighted by Gasteiger charge is -2.39. The number of imidazole rings is 1. The van der Waals surface area contributed by atoms with Crippen molar-refractivity contribution in [3.05, 3.63) is 46.3 Å². The van der Waals surface area contributed by atoms with Gasteiger partial charge in [0, 0.05) is 31.0 Å². The first kappa shape index (κ1) is 18.6. The molecule has 3 aromatic rings. The molecule has 0 amide bonds. The van der Waals surface area contributed by atoms with Crippen LogP contribution in [0.1, 0.15) is 38.8 Å². The summed E-state index contributed by atoms with van der Waals surface area (Å²) in [6, 6.07) is 5.69. The molecule has 0 N–H and O–H groups in total. The topological polar surface area (TPSA) is 33.4 Å². The van der Waals surface area contributed by atoms with Gasteiger partial charge in [0.05, 0.1) is 21.4 Å². The Labute approximate surface area is 170 Å². The van der Waals surface area contributed by atoms with Crippen molar-refractivity contribution in [3.63, 3.8) is 0 Å². The molecule has 142 valence electrons. The molecule has 1 fully saturated rings.